The number of hydrogen-bond acceptors (Lipinski definition) is 4. The number of carbonyl (C=O) groups excluding carboxylic acids is 2. The Morgan fingerprint density at radius 2 is 1.93 bits per heavy atom. The number of thioether (sulfide) groups is 1. The van der Waals surface area contributed by atoms with E-state index in [2.05, 4.69) is 21.2 Å². The van der Waals surface area contributed by atoms with Crippen molar-refractivity contribution < 1.29 is 14.0 Å². The zero-order valence-corrected chi connectivity index (χ0v) is 19.3. The standard InChI is InChI=1S/C22H20BrFN2O2S2/c23-16-6-4-5-15(13-16)14-19-21(28)26(22(29)30-19)12-3-1-2-7-20(27)25-18-10-8-17(24)9-11-18/h4-6,8-11,13-14H,1-3,7,12H2,(H,25,27)/b19-14-. The Bertz CT molecular complexity index is 979. The number of hydrogen-bond donors (Lipinski definition) is 1. The fourth-order valence-electron chi connectivity index (χ4n) is 2.93. The molecule has 1 fully saturated rings. The highest BCUT2D eigenvalue weighted by Crippen LogP contribution is 2.33. The van der Waals surface area contributed by atoms with Gasteiger partial charge in [-0.1, -0.05) is 58.5 Å². The Hall–Kier alpha value is -2.03. The van der Waals surface area contributed by atoms with Gasteiger partial charge < -0.3 is 5.32 Å². The number of thiocarbonyl (C=S) groups is 1. The van der Waals surface area contributed by atoms with Crippen LogP contribution in [0.4, 0.5) is 10.1 Å². The summed E-state index contributed by atoms with van der Waals surface area (Å²) in [5.41, 5.74) is 1.52. The van der Waals surface area contributed by atoms with Gasteiger partial charge in [0, 0.05) is 23.1 Å². The van der Waals surface area contributed by atoms with Crippen LogP contribution in [0.2, 0.25) is 0 Å². The number of rotatable bonds is 8. The summed E-state index contributed by atoms with van der Waals surface area (Å²) in [6.07, 6.45) is 4.50. The Morgan fingerprint density at radius 1 is 1.17 bits per heavy atom. The molecular weight excluding hydrogens is 487 g/mol. The van der Waals surface area contributed by atoms with Crippen molar-refractivity contribution in [3.8, 4) is 0 Å². The van der Waals surface area contributed by atoms with Crippen molar-refractivity contribution in [2.45, 2.75) is 25.7 Å². The predicted molar refractivity (Wildman–Crippen MR) is 128 cm³/mol. The maximum atomic E-state index is 12.9. The normalized spacial score (nSPS) is 15.1. The first-order valence-electron chi connectivity index (χ1n) is 9.49. The maximum Gasteiger partial charge on any atom is 0.266 e. The quantitative estimate of drug-likeness (QED) is 0.271. The molecule has 1 saturated heterocycles. The van der Waals surface area contributed by atoms with Gasteiger partial charge in [0.25, 0.3) is 5.91 Å². The lowest BCUT2D eigenvalue weighted by atomic mass is 10.1. The molecular formula is C22H20BrFN2O2S2. The van der Waals surface area contributed by atoms with E-state index in [0.717, 1.165) is 22.9 Å². The molecule has 0 aliphatic carbocycles. The number of amides is 2. The molecule has 0 bridgehead atoms. The van der Waals surface area contributed by atoms with E-state index < -0.39 is 0 Å². The number of carbonyl (C=O) groups is 2. The Balaban J connectivity index is 1.41. The lowest BCUT2D eigenvalue weighted by molar-refractivity contribution is -0.122. The van der Waals surface area contributed by atoms with Crippen molar-refractivity contribution in [1.82, 2.24) is 4.90 Å². The van der Waals surface area contributed by atoms with Gasteiger partial charge in [0.1, 0.15) is 10.1 Å². The molecule has 2 amide bonds. The first-order chi connectivity index (χ1) is 14.4. The average molecular weight is 507 g/mol. The van der Waals surface area contributed by atoms with Gasteiger partial charge in [-0.15, -0.1) is 0 Å². The molecule has 0 atom stereocenters. The van der Waals surface area contributed by atoms with Crippen LogP contribution in [0.5, 0.6) is 0 Å². The lowest BCUT2D eigenvalue weighted by Gasteiger charge is -2.14. The van der Waals surface area contributed by atoms with Crippen LogP contribution < -0.4 is 5.32 Å². The highest BCUT2D eigenvalue weighted by Gasteiger charge is 2.31. The van der Waals surface area contributed by atoms with Gasteiger partial charge in [0.05, 0.1) is 4.91 Å². The number of nitrogens with one attached hydrogen (secondary N) is 1. The zero-order chi connectivity index (χ0) is 21.5. The van der Waals surface area contributed by atoms with Crippen LogP contribution in [0.3, 0.4) is 0 Å². The van der Waals surface area contributed by atoms with Crippen LogP contribution in [0.1, 0.15) is 31.2 Å². The van der Waals surface area contributed by atoms with Crippen molar-refractivity contribution >= 4 is 67.8 Å². The average Bonchev–Trinajstić information content (AvgIpc) is 2.96. The second-order valence-electron chi connectivity index (χ2n) is 6.75. The third-order valence-corrected chi connectivity index (χ3v) is 6.30. The molecule has 0 unspecified atom stereocenters. The number of anilines is 1. The molecule has 0 saturated carbocycles. The van der Waals surface area contributed by atoms with Crippen LogP contribution in [0, 0.1) is 5.82 Å². The largest absolute Gasteiger partial charge is 0.326 e. The summed E-state index contributed by atoms with van der Waals surface area (Å²) in [5, 5.41) is 2.74. The monoisotopic (exact) mass is 506 g/mol. The van der Waals surface area contributed by atoms with E-state index >= 15 is 0 Å². The first kappa shape index (κ1) is 22.7. The minimum Gasteiger partial charge on any atom is -0.326 e. The molecule has 0 aromatic heterocycles. The van der Waals surface area contributed by atoms with Gasteiger partial charge in [-0.25, -0.2) is 4.39 Å². The first-order valence-corrected chi connectivity index (χ1v) is 11.5. The molecule has 1 N–H and O–H groups in total. The van der Waals surface area contributed by atoms with E-state index in [0.29, 0.717) is 34.3 Å². The second-order valence-corrected chi connectivity index (χ2v) is 9.35. The number of halogens is 2. The summed E-state index contributed by atoms with van der Waals surface area (Å²) in [6, 6.07) is 13.4. The topological polar surface area (TPSA) is 49.4 Å². The molecule has 3 rings (SSSR count). The van der Waals surface area contributed by atoms with E-state index in [9.17, 15) is 14.0 Å². The minimum absolute atomic E-state index is 0.0703. The van der Waals surface area contributed by atoms with Gasteiger partial charge in [-0.05, 0) is 60.9 Å². The van der Waals surface area contributed by atoms with E-state index in [1.165, 1.54) is 36.0 Å². The summed E-state index contributed by atoms with van der Waals surface area (Å²) in [5.74, 6) is -0.515. The molecule has 30 heavy (non-hydrogen) atoms. The third kappa shape index (κ3) is 6.48. The molecule has 1 aliphatic heterocycles. The summed E-state index contributed by atoms with van der Waals surface area (Å²) in [6.45, 7) is 0.542. The molecule has 8 heteroatoms. The van der Waals surface area contributed by atoms with Gasteiger partial charge >= 0.3 is 0 Å². The highest BCUT2D eigenvalue weighted by molar-refractivity contribution is 9.10. The van der Waals surface area contributed by atoms with Crippen molar-refractivity contribution in [2.24, 2.45) is 0 Å². The van der Waals surface area contributed by atoms with E-state index in [4.69, 9.17) is 12.2 Å². The summed E-state index contributed by atoms with van der Waals surface area (Å²) in [4.78, 5) is 26.9. The van der Waals surface area contributed by atoms with Gasteiger partial charge in [0.15, 0.2) is 0 Å². The molecule has 4 nitrogen and oxygen atoms in total. The number of unbranched alkanes of at least 4 members (excludes halogenated alkanes) is 2. The smallest absolute Gasteiger partial charge is 0.266 e. The minimum atomic E-state index is -0.338. The van der Waals surface area contributed by atoms with Gasteiger partial charge in [0.2, 0.25) is 5.91 Å². The molecule has 0 radical (unpaired) electrons. The number of benzene rings is 2. The van der Waals surface area contributed by atoms with Crippen LogP contribution in [0.25, 0.3) is 6.08 Å². The van der Waals surface area contributed by atoms with Crippen molar-refractivity contribution in [2.75, 3.05) is 11.9 Å². The van der Waals surface area contributed by atoms with Gasteiger partial charge in [-0.3, -0.25) is 14.5 Å². The Morgan fingerprint density at radius 3 is 2.67 bits per heavy atom. The fourth-order valence-corrected chi connectivity index (χ4v) is 4.65. The predicted octanol–water partition coefficient (Wildman–Crippen LogP) is 5.99. The van der Waals surface area contributed by atoms with Crippen LogP contribution in [-0.4, -0.2) is 27.6 Å². The highest BCUT2D eigenvalue weighted by atomic mass is 79.9. The van der Waals surface area contributed by atoms with E-state index in [1.54, 1.807) is 4.90 Å². The van der Waals surface area contributed by atoms with Crippen molar-refractivity contribution in [1.29, 1.82) is 0 Å². The molecule has 156 valence electrons. The molecule has 1 aliphatic rings. The molecule has 2 aromatic carbocycles. The van der Waals surface area contributed by atoms with Crippen LogP contribution >= 0.6 is 39.9 Å². The molecule has 0 spiro atoms. The summed E-state index contributed by atoms with van der Waals surface area (Å²) >= 11 is 10.1. The molecule has 2 aromatic rings. The lowest BCUT2D eigenvalue weighted by Crippen LogP contribution is -2.29. The summed E-state index contributed by atoms with van der Waals surface area (Å²) in [7, 11) is 0. The zero-order valence-electron chi connectivity index (χ0n) is 16.1. The van der Waals surface area contributed by atoms with E-state index in [1.807, 2.05) is 30.3 Å². The Labute approximate surface area is 193 Å². The van der Waals surface area contributed by atoms with E-state index in [-0.39, 0.29) is 17.6 Å². The maximum absolute atomic E-state index is 12.9. The van der Waals surface area contributed by atoms with Crippen LogP contribution in [-0.2, 0) is 9.59 Å². The number of nitrogens with zero attached hydrogens (tertiary/aromatic N) is 1. The second kappa shape index (κ2) is 10.8. The SMILES string of the molecule is O=C(CCCCCN1C(=O)/C(=C/c2cccc(Br)c2)SC1=S)Nc1ccc(F)cc1. The third-order valence-electron chi connectivity index (χ3n) is 4.43. The Kier molecular flexibility index (Phi) is 8.18. The fraction of sp³-hybridized carbons (Fsp3) is 0.227. The van der Waals surface area contributed by atoms with Crippen molar-refractivity contribution in [3.63, 3.8) is 0 Å². The van der Waals surface area contributed by atoms with Crippen molar-refractivity contribution in [3.05, 3.63) is 69.3 Å². The van der Waals surface area contributed by atoms with Crippen LogP contribution in [0.15, 0.2) is 57.9 Å². The molecule has 1 heterocycles. The van der Waals surface area contributed by atoms with Gasteiger partial charge in [-0.2, -0.15) is 0 Å². The summed E-state index contributed by atoms with van der Waals surface area (Å²) < 4.78 is 14.4.